The van der Waals surface area contributed by atoms with E-state index < -0.39 is 11.7 Å². The molecule has 8 heteroatoms. The van der Waals surface area contributed by atoms with E-state index in [0.29, 0.717) is 22.9 Å². The van der Waals surface area contributed by atoms with Gasteiger partial charge >= 0.3 is 0 Å². The van der Waals surface area contributed by atoms with Crippen LogP contribution < -0.4 is 19.7 Å². The molecule has 1 unspecified atom stereocenters. The number of methoxy groups -OCH3 is 2. The Morgan fingerprint density at radius 2 is 2.00 bits per heavy atom. The smallest absolute Gasteiger partial charge is 0.229 e. The quantitative estimate of drug-likeness (QED) is 0.845. The minimum Gasteiger partial charge on any atom is -0.497 e. The Labute approximate surface area is 160 Å². The minimum atomic E-state index is -0.562. The van der Waals surface area contributed by atoms with E-state index in [1.54, 1.807) is 18.2 Å². The zero-order valence-corrected chi connectivity index (χ0v) is 15.5. The van der Waals surface area contributed by atoms with Gasteiger partial charge in [-0.25, -0.2) is 4.39 Å². The number of anilines is 2. The molecule has 1 N–H and O–H groups in total. The third kappa shape index (κ3) is 3.98. The molecule has 2 amide bonds. The molecule has 2 aromatic carbocycles. The second-order valence-electron chi connectivity index (χ2n) is 6.06. The molecule has 2 aromatic rings. The Kier molecular flexibility index (Phi) is 5.51. The first-order valence-electron chi connectivity index (χ1n) is 8.21. The van der Waals surface area contributed by atoms with Crippen LogP contribution in [0.25, 0.3) is 0 Å². The highest BCUT2D eigenvalue weighted by Crippen LogP contribution is 2.32. The molecule has 6 nitrogen and oxygen atoms in total. The number of nitrogens with one attached hydrogen (secondary N) is 1. The van der Waals surface area contributed by atoms with Crippen LogP contribution in [0.1, 0.15) is 6.42 Å². The lowest BCUT2D eigenvalue weighted by molar-refractivity contribution is -0.122. The molecule has 0 radical (unpaired) electrons. The van der Waals surface area contributed by atoms with Gasteiger partial charge in [-0.3, -0.25) is 9.59 Å². The average molecular weight is 393 g/mol. The summed E-state index contributed by atoms with van der Waals surface area (Å²) in [4.78, 5) is 26.4. The summed E-state index contributed by atoms with van der Waals surface area (Å²) in [6.45, 7) is 0.186. The fourth-order valence-electron chi connectivity index (χ4n) is 2.92. The molecular weight excluding hydrogens is 375 g/mol. The fourth-order valence-corrected chi connectivity index (χ4v) is 3.10. The second-order valence-corrected chi connectivity index (χ2v) is 6.47. The molecule has 1 aliphatic heterocycles. The standard InChI is InChI=1S/C19H18ClFN2O4/c1-26-13-4-6-16(17(9-13)27-2)22-19(25)11-7-18(24)23(10-11)12-3-5-15(21)14(20)8-12/h3-6,8-9,11H,7,10H2,1-2H3,(H,22,25). The van der Waals surface area contributed by atoms with Gasteiger partial charge in [-0.15, -0.1) is 0 Å². The van der Waals surface area contributed by atoms with Crippen LogP contribution in [0, 0.1) is 11.7 Å². The van der Waals surface area contributed by atoms with Gasteiger partial charge in [0.05, 0.1) is 30.8 Å². The number of hydrogen-bond acceptors (Lipinski definition) is 4. The second kappa shape index (κ2) is 7.84. The molecule has 0 saturated carbocycles. The van der Waals surface area contributed by atoms with Crippen LogP contribution >= 0.6 is 11.6 Å². The Morgan fingerprint density at radius 1 is 1.22 bits per heavy atom. The van der Waals surface area contributed by atoms with Crippen LogP contribution in [0.4, 0.5) is 15.8 Å². The molecule has 1 heterocycles. The molecule has 0 aromatic heterocycles. The van der Waals surface area contributed by atoms with Crippen LogP contribution in [0.5, 0.6) is 11.5 Å². The van der Waals surface area contributed by atoms with Gasteiger partial charge in [0.2, 0.25) is 11.8 Å². The van der Waals surface area contributed by atoms with Gasteiger partial charge in [-0.05, 0) is 30.3 Å². The molecule has 0 aliphatic carbocycles. The maximum Gasteiger partial charge on any atom is 0.229 e. The predicted molar refractivity (Wildman–Crippen MR) is 100 cm³/mol. The summed E-state index contributed by atoms with van der Waals surface area (Å²) in [5, 5.41) is 2.71. The van der Waals surface area contributed by atoms with Crippen molar-refractivity contribution in [3.8, 4) is 11.5 Å². The van der Waals surface area contributed by atoms with Crippen LogP contribution in [0.15, 0.2) is 36.4 Å². The summed E-state index contributed by atoms with van der Waals surface area (Å²) in [5.74, 6) is -0.586. The number of ether oxygens (including phenoxy) is 2. The lowest BCUT2D eigenvalue weighted by atomic mass is 10.1. The van der Waals surface area contributed by atoms with Gasteiger partial charge in [0.15, 0.2) is 0 Å². The van der Waals surface area contributed by atoms with Crippen LogP contribution in [0.2, 0.25) is 5.02 Å². The molecule has 27 heavy (non-hydrogen) atoms. The first-order chi connectivity index (χ1) is 12.9. The molecule has 1 saturated heterocycles. The molecule has 142 valence electrons. The van der Waals surface area contributed by atoms with Crippen molar-refractivity contribution in [3.05, 3.63) is 47.2 Å². The SMILES string of the molecule is COc1ccc(NC(=O)C2CC(=O)N(c3ccc(F)c(Cl)c3)C2)c(OC)c1. The summed E-state index contributed by atoms with van der Waals surface area (Å²) in [6.07, 6.45) is 0.0549. The van der Waals surface area contributed by atoms with Crippen LogP contribution in [-0.4, -0.2) is 32.6 Å². The van der Waals surface area contributed by atoms with E-state index in [1.165, 1.54) is 37.3 Å². The number of rotatable bonds is 5. The molecule has 0 spiro atoms. The predicted octanol–water partition coefficient (Wildman–Crippen LogP) is 3.49. The van der Waals surface area contributed by atoms with Crippen molar-refractivity contribution in [2.75, 3.05) is 31.0 Å². The largest absolute Gasteiger partial charge is 0.497 e. The topological polar surface area (TPSA) is 67.9 Å². The van der Waals surface area contributed by atoms with Crippen LogP contribution in [0.3, 0.4) is 0 Å². The van der Waals surface area contributed by atoms with Crippen molar-refractivity contribution in [2.45, 2.75) is 6.42 Å². The molecule has 1 fully saturated rings. The van der Waals surface area contributed by atoms with Gasteiger partial charge in [-0.2, -0.15) is 0 Å². The summed E-state index contributed by atoms with van der Waals surface area (Å²) in [7, 11) is 3.02. The number of benzene rings is 2. The molecular formula is C19H18ClFN2O4. The lowest BCUT2D eigenvalue weighted by Gasteiger charge is -2.17. The van der Waals surface area contributed by atoms with Crippen molar-refractivity contribution >= 4 is 34.8 Å². The van der Waals surface area contributed by atoms with E-state index in [0.717, 1.165) is 0 Å². The molecule has 1 atom stereocenters. The van der Waals surface area contributed by atoms with Gasteiger partial charge < -0.3 is 19.7 Å². The van der Waals surface area contributed by atoms with Crippen LogP contribution in [-0.2, 0) is 9.59 Å². The van der Waals surface area contributed by atoms with E-state index in [9.17, 15) is 14.0 Å². The Hall–Kier alpha value is -2.80. The monoisotopic (exact) mass is 392 g/mol. The highest BCUT2D eigenvalue weighted by atomic mass is 35.5. The number of nitrogens with zero attached hydrogens (tertiary/aromatic N) is 1. The Morgan fingerprint density at radius 3 is 2.67 bits per heavy atom. The van der Waals surface area contributed by atoms with E-state index in [4.69, 9.17) is 21.1 Å². The zero-order valence-electron chi connectivity index (χ0n) is 14.8. The molecule has 3 rings (SSSR count). The number of carbonyl (C=O) groups is 2. The van der Waals surface area contributed by atoms with Crippen molar-refractivity contribution in [3.63, 3.8) is 0 Å². The number of halogens is 2. The van der Waals surface area contributed by atoms with Crippen molar-refractivity contribution in [1.29, 1.82) is 0 Å². The van der Waals surface area contributed by atoms with E-state index in [1.807, 2.05) is 0 Å². The third-order valence-corrected chi connectivity index (χ3v) is 4.67. The van der Waals surface area contributed by atoms with E-state index in [-0.39, 0.29) is 29.8 Å². The first-order valence-corrected chi connectivity index (χ1v) is 8.59. The van der Waals surface area contributed by atoms with Crippen molar-refractivity contribution in [2.24, 2.45) is 5.92 Å². The number of carbonyl (C=O) groups excluding carboxylic acids is 2. The highest BCUT2D eigenvalue weighted by Gasteiger charge is 2.35. The van der Waals surface area contributed by atoms with E-state index >= 15 is 0 Å². The molecule has 0 bridgehead atoms. The minimum absolute atomic E-state index is 0.0549. The Balaban J connectivity index is 1.73. The van der Waals surface area contributed by atoms with Crippen molar-refractivity contribution < 1.29 is 23.5 Å². The summed E-state index contributed by atoms with van der Waals surface area (Å²) in [5.41, 5.74) is 0.947. The van der Waals surface area contributed by atoms with Gasteiger partial charge in [0.25, 0.3) is 0 Å². The summed E-state index contributed by atoms with van der Waals surface area (Å²) in [6, 6.07) is 9.06. The normalized spacial score (nSPS) is 16.4. The van der Waals surface area contributed by atoms with Gasteiger partial charge in [-0.1, -0.05) is 11.6 Å². The van der Waals surface area contributed by atoms with Gasteiger partial charge in [0, 0.05) is 24.7 Å². The average Bonchev–Trinajstić information content (AvgIpc) is 3.06. The maximum absolute atomic E-state index is 13.3. The fraction of sp³-hybridized carbons (Fsp3) is 0.263. The number of hydrogen-bond donors (Lipinski definition) is 1. The Bertz CT molecular complexity index is 890. The number of amides is 2. The van der Waals surface area contributed by atoms with Crippen molar-refractivity contribution in [1.82, 2.24) is 0 Å². The lowest BCUT2D eigenvalue weighted by Crippen LogP contribution is -2.28. The summed E-state index contributed by atoms with van der Waals surface area (Å²) < 4.78 is 23.7. The highest BCUT2D eigenvalue weighted by molar-refractivity contribution is 6.31. The third-order valence-electron chi connectivity index (χ3n) is 4.38. The van der Waals surface area contributed by atoms with E-state index in [2.05, 4.69) is 5.32 Å². The van der Waals surface area contributed by atoms with Gasteiger partial charge in [0.1, 0.15) is 17.3 Å². The molecule has 1 aliphatic rings. The zero-order chi connectivity index (χ0) is 19.6. The maximum atomic E-state index is 13.3. The summed E-state index contributed by atoms with van der Waals surface area (Å²) >= 11 is 5.79. The first kappa shape index (κ1) is 19.0.